The Morgan fingerprint density at radius 2 is 1.45 bits per heavy atom. The summed E-state index contributed by atoms with van der Waals surface area (Å²) in [5.74, 6) is -0.0387. The highest BCUT2D eigenvalue weighted by Crippen LogP contribution is 2.22. The lowest BCUT2D eigenvalue weighted by molar-refractivity contribution is 0.426. The van der Waals surface area contributed by atoms with E-state index in [9.17, 15) is 8.42 Å². The quantitative estimate of drug-likeness (QED) is 0.863. The van der Waals surface area contributed by atoms with Gasteiger partial charge >= 0.3 is 0 Å². The van der Waals surface area contributed by atoms with Gasteiger partial charge in [0.25, 0.3) is 0 Å². The molecule has 0 saturated heterocycles. The molecule has 0 bridgehead atoms. The lowest BCUT2D eigenvalue weighted by Crippen LogP contribution is -2.34. The largest absolute Gasteiger partial charge is 0.218 e. The van der Waals surface area contributed by atoms with E-state index in [1.165, 1.54) is 11.1 Å². The van der Waals surface area contributed by atoms with Crippen molar-refractivity contribution in [1.29, 1.82) is 0 Å². The third kappa shape index (κ3) is 3.35. The van der Waals surface area contributed by atoms with E-state index in [4.69, 9.17) is 11.6 Å². The zero-order valence-electron chi connectivity index (χ0n) is 12.2. The van der Waals surface area contributed by atoms with Crippen molar-refractivity contribution in [3.05, 3.63) is 70.2 Å². The summed E-state index contributed by atoms with van der Waals surface area (Å²) in [5, 5.41) is 0.504. The maximum absolute atomic E-state index is 12.7. The second kappa shape index (κ2) is 6.41. The monoisotopic (exact) mass is 335 g/mol. The molecule has 0 N–H and O–H groups in total. The molecule has 22 heavy (non-hydrogen) atoms. The Morgan fingerprint density at radius 3 is 2.05 bits per heavy atom. The summed E-state index contributed by atoms with van der Waals surface area (Å²) in [5.41, 5.74) is 3.15. The molecule has 1 heterocycles. The van der Waals surface area contributed by atoms with Crippen molar-refractivity contribution in [2.24, 2.45) is 0 Å². The molecule has 3 rings (SSSR count). The fourth-order valence-corrected chi connectivity index (χ4v) is 4.68. The highest BCUT2D eigenvalue weighted by atomic mass is 35.5. The van der Waals surface area contributed by atoms with Crippen LogP contribution in [0.4, 0.5) is 0 Å². The lowest BCUT2D eigenvalue weighted by atomic mass is 10.0. The summed E-state index contributed by atoms with van der Waals surface area (Å²) in [6, 6.07) is 15.3. The minimum atomic E-state index is -3.35. The van der Waals surface area contributed by atoms with Crippen LogP contribution in [0, 0.1) is 0 Å². The molecule has 0 saturated carbocycles. The van der Waals surface area contributed by atoms with Gasteiger partial charge in [0.1, 0.15) is 0 Å². The molecule has 0 aromatic heterocycles. The second-order valence-corrected chi connectivity index (χ2v) is 7.89. The Balaban J connectivity index is 1.78. The number of benzene rings is 2. The van der Waals surface area contributed by atoms with Gasteiger partial charge in [0.15, 0.2) is 0 Å². The normalized spacial score (nSPS) is 16.0. The van der Waals surface area contributed by atoms with Gasteiger partial charge in [0, 0.05) is 18.1 Å². The molecular formula is C17H18ClNO2S. The minimum Gasteiger partial charge on any atom is -0.212 e. The second-order valence-electron chi connectivity index (χ2n) is 5.52. The van der Waals surface area contributed by atoms with Gasteiger partial charge in [-0.1, -0.05) is 54.1 Å². The van der Waals surface area contributed by atoms with E-state index >= 15 is 0 Å². The number of hydrogen-bond donors (Lipinski definition) is 0. The van der Waals surface area contributed by atoms with Gasteiger partial charge in [-0.05, 0) is 35.6 Å². The summed E-state index contributed by atoms with van der Waals surface area (Å²) >= 11 is 6.09. The Labute approximate surface area is 136 Å². The summed E-state index contributed by atoms with van der Waals surface area (Å²) in [6.45, 7) is 1.06. The first-order valence-electron chi connectivity index (χ1n) is 7.34. The first-order valence-corrected chi connectivity index (χ1v) is 9.33. The van der Waals surface area contributed by atoms with E-state index in [-0.39, 0.29) is 5.75 Å². The Morgan fingerprint density at radius 1 is 0.909 bits per heavy atom. The SMILES string of the molecule is O=S(=O)(Cc1ccccc1Cl)N1CCc2ccccc2CC1. The van der Waals surface area contributed by atoms with Gasteiger partial charge in [-0.2, -0.15) is 0 Å². The van der Waals surface area contributed by atoms with Crippen molar-refractivity contribution >= 4 is 21.6 Å². The van der Waals surface area contributed by atoms with E-state index in [1.807, 2.05) is 18.2 Å². The predicted octanol–water partition coefficient (Wildman–Crippen LogP) is 3.27. The van der Waals surface area contributed by atoms with Crippen molar-refractivity contribution < 1.29 is 8.42 Å². The van der Waals surface area contributed by atoms with Crippen LogP contribution in [-0.4, -0.2) is 25.8 Å². The maximum Gasteiger partial charge on any atom is 0.218 e. The fourth-order valence-electron chi connectivity index (χ4n) is 2.83. The number of nitrogens with zero attached hydrogens (tertiary/aromatic N) is 1. The van der Waals surface area contributed by atoms with E-state index in [0.717, 1.165) is 12.8 Å². The van der Waals surface area contributed by atoms with Crippen LogP contribution in [0.2, 0.25) is 5.02 Å². The molecule has 0 fully saturated rings. The summed E-state index contributed by atoms with van der Waals surface area (Å²) in [7, 11) is -3.35. The van der Waals surface area contributed by atoms with Gasteiger partial charge in [-0.25, -0.2) is 12.7 Å². The number of fused-ring (bicyclic) bond motifs is 1. The van der Waals surface area contributed by atoms with Crippen LogP contribution in [0.5, 0.6) is 0 Å². The number of halogens is 1. The van der Waals surface area contributed by atoms with E-state index in [2.05, 4.69) is 12.1 Å². The number of sulfonamides is 1. The van der Waals surface area contributed by atoms with E-state index in [0.29, 0.717) is 23.7 Å². The molecule has 1 aliphatic rings. The van der Waals surface area contributed by atoms with Gasteiger partial charge in [0.05, 0.1) is 5.75 Å². The highest BCUT2D eigenvalue weighted by molar-refractivity contribution is 7.88. The number of hydrogen-bond acceptors (Lipinski definition) is 2. The standard InChI is InChI=1S/C17H18ClNO2S/c18-17-8-4-3-7-16(17)13-22(20,21)19-11-9-14-5-1-2-6-15(14)10-12-19/h1-8H,9-13H2. The number of rotatable bonds is 3. The van der Waals surface area contributed by atoms with Gasteiger partial charge in [0.2, 0.25) is 10.0 Å². The molecule has 0 spiro atoms. The molecule has 2 aromatic carbocycles. The first-order chi connectivity index (χ1) is 10.6. The van der Waals surface area contributed by atoms with Crippen LogP contribution in [0.25, 0.3) is 0 Å². The molecule has 1 aliphatic heterocycles. The third-order valence-corrected chi connectivity index (χ3v) is 6.27. The first kappa shape index (κ1) is 15.5. The van der Waals surface area contributed by atoms with Crippen molar-refractivity contribution in [2.75, 3.05) is 13.1 Å². The molecule has 0 radical (unpaired) electrons. The van der Waals surface area contributed by atoms with Crippen LogP contribution in [0.3, 0.4) is 0 Å². The van der Waals surface area contributed by atoms with Crippen LogP contribution >= 0.6 is 11.6 Å². The highest BCUT2D eigenvalue weighted by Gasteiger charge is 2.25. The van der Waals surface area contributed by atoms with Crippen LogP contribution in [0.1, 0.15) is 16.7 Å². The fraction of sp³-hybridized carbons (Fsp3) is 0.294. The average Bonchev–Trinajstić information content (AvgIpc) is 2.72. The van der Waals surface area contributed by atoms with E-state index in [1.54, 1.807) is 22.5 Å². The van der Waals surface area contributed by atoms with E-state index < -0.39 is 10.0 Å². The van der Waals surface area contributed by atoms with Crippen LogP contribution in [-0.2, 0) is 28.6 Å². The average molecular weight is 336 g/mol. The van der Waals surface area contributed by atoms with Gasteiger partial charge < -0.3 is 0 Å². The maximum atomic E-state index is 12.7. The molecule has 0 aliphatic carbocycles. The Bertz CT molecular complexity index is 747. The molecule has 116 valence electrons. The summed E-state index contributed by atoms with van der Waals surface area (Å²) < 4.78 is 27.0. The Kier molecular flexibility index (Phi) is 4.52. The smallest absolute Gasteiger partial charge is 0.212 e. The van der Waals surface area contributed by atoms with Gasteiger partial charge in [-0.15, -0.1) is 0 Å². The molecule has 0 amide bonds. The van der Waals surface area contributed by atoms with Crippen molar-refractivity contribution in [1.82, 2.24) is 4.31 Å². The lowest BCUT2D eigenvalue weighted by Gasteiger charge is -2.20. The van der Waals surface area contributed by atoms with Crippen LogP contribution < -0.4 is 0 Å². The molecular weight excluding hydrogens is 318 g/mol. The van der Waals surface area contributed by atoms with Gasteiger partial charge in [-0.3, -0.25) is 0 Å². The molecule has 5 heteroatoms. The third-order valence-electron chi connectivity index (χ3n) is 4.07. The summed E-state index contributed by atoms with van der Waals surface area (Å²) in [6.07, 6.45) is 1.52. The molecule has 0 atom stereocenters. The topological polar surface area (TPSA) is 37.4 Å². The zero-order valence-corrected chi connectivity index (χ0v) is 13.8. The van der Waals surface area contributed by atoms with Crippen molar-refractivity contribution in [2.45, 2.75) is 18.6 Å². The molecule has 3 nitrogen and oxygen atoms in total. The Hall–Kier alpha value is -1.36. The van der Waals surface area contributed by atoms with Crippen molar-refractivity contribution in [3.8, 4) is 0 Å². The summed E-state index contributed by atoms with van der Waals surface area (Å²) in [4.78, 5) is 0. The van der Waals surface area contributed by atoms with Crippen LogP contribution in [0.15, 0.2) is 48.5 Å². The van der Waals surface area contributed by atoms with Crippen molar-refractivity contribution in [3.63, 3.8) is 0 Å². The minimum absolute atomic E-state index is 0.0387. The molecule has 2 aromatic rings. The molecule has 0 unspecified atom stereocenters. The zero-order chi connectivity index (χ0) is 15.6. The predicted molar refractivity (Wildman–Crippen MR) is 89.5 cm³/mol.